The molecular formula is C22H28N6O2S. The molecule has 0 amide bonds. The van der Waals surface area contributed by atoms with Crippen LogP contribution in [0.1, 0.15) is 33.8 Å². The van der Waals surface area contributed by atoms with E-state index in [9.17, 15) is 0 Å². The molecule has 0 radical (unpaired) electrons. The summed E-state index contributed by atoms with van der Waals surface area (Å²) >= 11 is 1.64. The van der Waals surface area contributed by atoms with Crippen molar-refractivity contribution in [2.45, 2.75) is 32.9 Å². The molecule has 0 bridgehead atoms. The van der Waals surface area contributed by atoms with Gasteiger partial charge in [0.25, 0.3) is 0 Å². The SMILES string of the molecule is COCCc1ncc(CN2CCO[C@H](c3cc(Nc4ncc(C)s4)cc(C)n3)C2)cn1. The zero-order chi connectivity index (χ0) is 21.6. The summed E-state index contributed by atoms with van der Waals surface area (Å²) in [6.45, 7) is 7.79. The highest BCUT2D eigenvalue weighted by atomic mass is 32.1. The quantitative estimate of drug-likeness (QED) is 0.570. The molecule has 3 aromatic heterocycles. The van der Waals surface area contributed by atoms with Crippen molar-refractivity contribution in [1.82, 2.24) is 24.8 Å². The van der Waals surface area contributed by atoms with Gasteiger partial charge in [0.2, 0.25) is 0 Å². The lowest BCUT2D eigenvalue weighted by molar-refractivity contribution is -0.0350. The summed E-state index contributed by atoms with van der Waals surface area (Å²) in [6, 6.07) is 4.09. The van der Waals surface area contributed by atoms with Crippen molar-refractivity contribution in [2.75, 3.05) is 38.7 Å². The minimum Gasteiger partial charge on any atom is -0.384 e. The van der Waals surface area contributed by atoms with Gasteiger partial charge in [-0.1, -0.05) is 0 Å². The summed E-state index contributed by atoms with van der Waals surface area (Å²) in [6.07, 6.45) is 6.34. The minimum atomic E-state index is -0.0749. The number of rotatable bonds is 8. The fraction of sp³-hybridized carbons (Fsp3) is 0.455. The maximum absolute atomic E-state index is 6.07. The van der Waals surface area contributed by atoms with Gasteiger partial charge in [-0.05, 0) is 26.0 Å². The van der Waals surface area contributed by atoms with Gasteiger partial charge < -0.3 is 14.8 Å². The standard InChI is InChI=1S/C22H28N6O2S/c1-15-8-18(27-22-25-10-16(2)31-22)9-19(26-15)20-14-28(5-7-30-20)13-17-11-23-21(24-12-17)4-6-29-3/h8-12,20H,4-7,13-14H2,1-3H3,(H,25,26,27)/t20-/m0/s1. The molecule has 31 heavy (non-hydrogen) atoms. The van der Waals surface area contributed by atoms with Crippen molar-refractivity contribution >= 4 is 22.2 Å². The Labute approximate surface area is 186 Å². The van der Waals surface area contributed by atoms with E-state index < -0.39 is 0 Å². The maximum Gasteiger partial charge on any atom is 0.187 e. The number of hydrogen-bond acceptors (Lipinski definition) is 9. The number of thiazole rings is 1. The van der Waals surface area contributed by atoms with Crippen LogP contribution in [-0.4, -0.2) is 58.2 Å². The Morgan fingerprint density at radius 2 is 2.03 bits per heavy atom. The molecule has 1 saturated heterocycles. The van der Waals surface area contributed by atoms with Crippen LogP contribution < -0.4 is 5.32 Å². The molecule has 1 aliphatic rings. The third kappa shape index (κ3) is 6.04. The van der Waals surface area contributed by atoms with Crippen LogP contribution in [0.3, 0.4) is 0 Å². The number of anilines is 2. The Balaban J connectivity index is 1.41. The number of hydrogen-bond donors (Lipinski definition) is 1. The Hall–Kier alpha value is -2.46. The Morgan fingerprint density at radius 3 is 2.77 bits per heavy atom. The van der Waals surface area contributed by atoms with Gasteiger partial charge in [-0.3, -0.25) is 9.88 Å². The van der Waals surface area contributed by atoms with E-state index in [2.05, 4.69) is 38.2 Å². The van der Waals surface area contributed by atoms with Crippen molar-refractivity contribution in [3.05, 3.63) is 58.4 Å². The van der Waals surface area contributed by atoms with Crippen LogP contribution in [0, 0.1) is 13.8 Å². The predicted molar refractivity (Wildman–Crippen MR) is 121 cm³/mol. The van der Waals surface area contributed by atoms with E-state index in [-0.39, 0.29) is 6.10 Å². The van der Waals surface area contributed by atoms with Crippen molar-refractivity contribution in [2.24, 2.45) is 0 Å². The number of pyridine rings is 1. The maximum atomic E-state index is 6.07. The second-order valence-electron chi connectivity index (χ2n) is 7.67. The first-order valence-electron chi connectivity index (χ1n) is 10.4. The molecule has 0 spiro atoms. The second kappa shape index (κ2) is 10.2. The molecule has 8 nitrogen and oxygen atoms in total. The first-order chi connectivity index (χ1) is 15.1. The molecule has 0 aromatic carbocycles. The van der Waals surface area contributed by atoms with E-state index in [1.54, 1.807) is 18.4 Å². The molecule has 0 unspecified atom stereocenters. The predicted octanol–water partition coefficient (Wildman–Crippen LogP) is 3.45. The number of aryl methyl sites for hydroxylation is 2. The lowest BCUT2D eigenvalue weighted by Crippen LogP contribution is -2.38. The van der Waals surface area contributed by atoms with Crippen molar-refractivity contribution in [3.8, 4) is 0 Å². The topological polar surface area (TPSA) is 85.3 Å². The van der Waals surface area contributed by atoms with Crippen LogP contribution in [0.5, 0.6) is 0 Å². The third-order valence-electron chi connectivity index (χ3n) is 5.02. The summed E-state index contributed by atoms with van der Waals surface area (Å²) in [5, 5.41) is 4.27. The smallest absolute Gasteiger partial charge is 0.187 e. The molecule has 3 aromatic rings. The van der Waals surface area contributed by atoms with Gasteiger partial charge in [-0.15, -0.1) is 11.3 Å². The van der Waals surface area contributed by atoms with Crippen molar-refractivity contribution in [3.63, 3.8) is 0 Å². The molecule has 1 atom stereocenters. The molecule has 1 N–H and O–H groups in total. The van der Waals surface area contributed by atoms with Gasteiger partial charge in [0.1, 0.15) is 11.9 Å². The number of ether oxygens (including phenoxy) is 2. The largest absolute Gasteiger partial charge is 0.384 e. The Morgan fingerprint density at radius 1 is 1.19 bits per heavy atom. The number of morpholine rings is 1. The van der Waals surface area contributed by atoms with E-state index in [0.29, 0.717) is 13.2 Å². The molecule has 4 rings (SSSR count). The normalized spacial score (nSPS) is 17.1. The molecular weight excluding hydrogens is 412 g/mol. The molecule has 4 heterocycles. The number of nitrogens with one attached hydrogen (secondary N) is 1. The Kier molecular flexibility index (Phi) is 7.18. The van der Waals surface area contributed by atoms with Crippen LogP contribution in [0.4, 0.5) is 10.8 Å². The fourth-order valence-electron chi connectivity index (χ4n) is 3.54. The minimum absolute atomic E-state index is 0.0749. The van der Waals surface area contributed by atoms with Crippen molar-refractivity contribution in [1.29, 1.82) is 0 Å². The average molecular weight is 441 g/mol. The summed E-state index contributed by atoms with van der Waals surface area (Å²) in [7, 11) is 1.69. The molecule has 1 aliphatic heterocycles. The van der Waals surface area contributed by atoms with Crippen LogP contribution in [-0.2, 0) is 22.4 Å². The third-order valence-corrected chi connectivity index (χ3v) is 5.85. The molecule has 164 valence electrons. The summed E-state index contributed by atoms with van der Waals surface area (Å²) < 4.78 is 11.2. The first-order valence-corrected chi connectivity index (χ1v) is 11.2. The zero-order valence-corrected chi connectivity index (χ0v) is 19.0. The van der Waals surface area contributed by atoms with Gasteiger partial charge >= 0.3 is 0 Å². The van der Waals surface area contributed by atoms with Crippen LogP contribution in [0.15, 0.2) is 30.7 Å². The zero-order valence-electron chi connectivity index (χ0n) is 18.2. The van der Waals surface area contributed by atoms with Gasteiger partial charge in [0.05, 0.1) is 18.9 Å². The van der Waals surface area contributed by atoms with E-state index in [1.165, 1.54) is 4.88 Å². The molecule has 0 aliphatic carbocycles. The second-order valence-corrected chi connectivity index (χ2v) is 8.90. The number of methoxy groups -OCH3 is 1. The highest BCUT2D eigenvalue weighted by molar-refractivity contribution is 7.15. The number of nitrogens with zero attached hydrogens (tertiary/aromatic N) is 5. The fourth-order valence-corrected chi connectivity index (χ4v) is 4.22. The van der Waals surface area contributed by atoms with E-state index in [0.717, 1.165) is 59.6 Å². The molecule has 9 heteroatoms. The summed E-state index contributed by atoms with van der Waals surface area (Å²) in [5.74, 6) is 0.810. The van der Waals surface area contributed by atoms with E-state index in [4.69, 9.17) is 14.5 Å². The Bertz CT molecular complexity index is 994. The molecule has 1 fully saturated rings. The summed E-state index contributed by atoms with van der Waals surface area (Å²) in [5.41, 5.74) is 3.97. The first kappa shape index (κ1) is 21.8. The van der Waals surface area contributed by atoms with Gasteiger partial charge in [0.15, 0.2) is 5.13 Å². The van der Waals surface area contributed by atoms with E-state index in [1.807, 2.05) is 31.6 Å². The van der Waals surface area contributed by atoms with Crippen LogP contribution in [0.2, 0.25) is 0 Å². The number of aromatic nitrogens is 4. The van der Waals surface area contributed by atoms with E-state index >= 15 is 0 Å². The lowest BCUT2D eigenvalue weighted by Gasteiger charge is -2.32. The van der Waals surface area contributed by atoms with Gasteiger partial charge in [-0.25, -0.2) is 15.0 Å². The molecule has 0 saturated carbocycles. The summed E-state index contributed by atoms with van der Waals surface area (Å²) in [4.78, 5) is 21.6. The van der Waals surface area contributed by atoms with Crippen LogP contribution >= 0.6 is 11.3 Å². The van der Waals surface area contributed by atoms with Crippen LogP contribution in [0.25, 0.3) is 0 Å². The highest BCUT2D eigenvalue weighted by Gasteiger charge is 2.24. The average Bonchev–Trinajstić information content (AvgIpc) is 3.17. The van der Waals surface area contributed by atoms with Crippen molar-refractivity contribution < 1.29 is 9.47 Å². The van der Waals surface area contributed by atoms with Gasteiger partial charge in [-0.2, -0.15) is 0 Å². The lowest BCUT2D eigenvalue weighted by atomic mass is 10.1. The van der Waals surface area contributed by atoms with Gasteiger partial charge in [0, 0.05) is 73.6 Å². The highest BCUT2D eigenvalue weighted by Crippen LogP contribution is 2.27. The monoisotopic (exact) mass is 440 g/mol.